The molecule has 4 fully saturated rings. The highest BCUT2D eigenvalue weighted by Gasteiger charge is 2.64. The second-order valence-electron chi connectivity index (χ2n) is 9.69. The molecule has 0 amide bonds. The Balaban J connectivity index is 1.77. The average molecular weight is 290 g/mol. The standard InChI is InChI=1S/C20H34O/c1-12-15-10-8-13-6-5-7-14-9-11-16(18(15)17(13)14)20(4,21)19(12,2)3/h12-18,21H,5-11H2,1-4H3. The predicted octanol–water partition coefficient (Wildman–Crippen LogP) is 4.88. The molecule has 21 heavy (non-hydrogen) atoms. The molecule has 0 aromatic carbocycles. The first kappa shape index (κ1) is 14.5. The van der Waals surface area contributed by atoms with E-state index in [1.807, 2.05) is 0 Å². The van der Waals surface area contributed by atoms with Crippen LogP contribution in [-0.2, 0) is 0 Å². The Kier molecular flexibility index (Phi) is 3.11. The van der Waals surface area contributed by atoms with Crippen LogP contribution in [0, 0.1) is 46.8 Å². The topological polar surface area (TPSA) is 20.2 Å². The smallest absolute Gasteiger partial charge is 0.0703 e. The SMILES string of the molecule is CC1C2CCC3CCCC4CCC(C2C34)C(C)(O)C1(C)C. The van der Waals surface area contributed by atoms with Gasteiger partial charge in [-0.15, -0.1) is 0 Å². The van der Waals surface area contributed by atoms with Gasteiger partial charge in [0.25, 0.3) is 0 Å². The van der Waals surface area contributed by atoms with Crippen LogP contribution >= 0.6 is 0 Å². The van der Waals surface area contributed by atoms with Crippen LogP contribution in [0.3, 0.4) is 0 Å². The molecule has 0 saturated heterocycles. The Hall–Kier alpha value is -0.0400. The zero-order chi connectivity index (χ0) is 15.0. The summed E-state index contributed by atoms with van der Waals surface area (Å²) in [5.74, 6) is 5.90. The zero-order valence-electron chi connectivity index (χ0n) is 14.4. The van der Waals surface area contributed by atoms with Crippen molar-refractivity contribution in [1.29, 1.82) is 0 Å². The molecule has 4 saturated carbocycles. The van der Waals surface area contributed by atoms with Gasteiger partial charge in [0.1, 0.15) is 0 Å². The number of aliphatic hydroxyl groups is 1. The highest BCUT2D eigenvalue weighted by molar-refractivity contribution is 5.13. The van der Waals surface area contributed by atoms with E-state index in [4.69, 9.17) is 0 Å². The van der Waals surface area contributed by atoms with Crippen molar-refractivity contribution in [2.24, 2.45) is 46.8 Å². The fourth-order valence-electron chi connectivity index (χ4n) is 7.46. The molecular formula is C20H34O. The molecule has 120 valence electrons. The van der Waals surface area contributed by atoms with Crippen molar-refractivity contribution in [1.82, 2.24) is 0 Å². The Morgan fingerprint density at radius 1 is 0.810 bits per heavy atom. The molecule has 8 atom stereocenters. The molecule has 1 N–H and O–H groups in total. The van der Waals surface area contributed by atoms with Gasteiger partial charge < -0.3 is 5.11 Å². The largest absolute Gasteiger partial charge is 0.389 e. The highest BCUT2D eigenvalue weighted by atomic mass is 16.3. The van der Waals surface area contributed by atoms with Gasteiger partial charge in [-0.05, 0) is 79.4 Å². The maximum atomic E-state index is 11.5. The van der Waals surface area contributed by atoms with Gasteiger partial charge >= 0.3 is 0 Å². The Morgan fingerprint density at radius 3 is 2.10 bits per heavy atom. The number of rotatable bonds is 0. The van der Waals surface area contributed by atoms with Crippen molar-refractivity contribution in [3.05, 3.63) is 0 Å². The predicted molar refractivity (Wildman–Crippen MR) is 86.8 cm³/mol. The molecule has 1 heteroatoms. The zero-order valence-corrected chi connectivity index (χ0v) is 14.4. The van der Waals surface area contributed by atoms with Crippen molar-refractivity contribution < 1.29 is 5.11 Å². The Labute approximate surface area is 130 Å². The van der Waals surface area contributed by atoms with E-state index >= 15 is 0 Å². The summed E-state index contributed by atoms with van der Waals surface area (Å²) in [6, 6.07) is 0. The summed E-state index contributed by atoms with van der Waals surface area (Å²) in [7, 11) is 0. The first-order valence-corrected chi connectivity index (χ1v) is 9.58. The summed E-state index contributed by atoms with van der Waals surface area (Å²) < 4.78 is 0. The summed E-state index contributed by atoms with van der Waals surface area (Å²) in [6.07, 6.45) is 10.1. The van der Waals surface area contributed by atoms with Crippen molar-refractivity contribution in [3.63, 3.8) is 0 Å². The molecular weight excluding hydrogens is 256 g/mol. The summed E-state index contributed by atoms with van der Waals surface area (Å²) >= 11 is 0. The normalized spacial score (nSPS) is 58.4. The van der Waals surface area contributed by atoms with Gasteiger partial charge in [-0.25, -0.2) is 0 Å². The van der Waals surface area contributed by atoms with Gasteiger partial charge in [-0.1, -0.05) is 40.0 Å². The number of hydrogen-bond acceptors (Lipinski definition) is 1. The lowest BCUT2D eigenvalue weighted by molar-refractivity contribution is -0.238. The lowest BCUT2D eigenvalue weighted by Gasteiger charge is -2.67. The number of hydrogen-bond donors (Lipinski definition) is 1. The van der Waals surface area contributed by atoms with E-state index in [1.54, 1.807) is 0 Å². The van der Waals surface area contributed by atoms with Gasteiger partial charge in [0.2, 0.25) is 0 Å². The van der Waals surface area contributed by atoms with Gasteiger partial charge in [-0.3, -0.25) is 0 Å². The van der Waals surface area contributed by atoms with Crippen LogP contribution in [0.25, 0.3) is 0 Å². The maximum absolute atomic E-state index is 11.5. The minimum absolute atomic E-state index is 0.0627. The van der Waals surface area contributed by atoms with E-state index < -0.39 is 5.60 Å². The minimum atomic E-state index is -0.474. The summed E-state index contributed by atoms with van der Waals surface area (Å²) in [4.78, 5) is 0. The summed E-state index contributed by atoms with van der Waals surface area (Å²) in [5, 5.41) is 11.5. The molecule has 0 aromatic rings. The Morgan fingerprint density at radius 2 is 1.43 bits per heavy atom. The van der Waals surface area contributed by atoms with E-state index in [0.717, 1.165) is 29.6 Å². The van der Waals surface area contributed by atoms with E-state index in [-0.39, 0.29) is 5.41 Å². The lowest BCUT2D eigenvalue weighted by atomic mass is 9.39. The van der Waals surface area contributed by atoms with E-state index in [2.05, 4.69) is 27.7 Å². The molecule has 0 aliphatic heterocycles. The van der Waals surface area contributed by atoms with Crippen molar-refractivity contribution >= 4 is 0 Å². The van der Waals surface area contributed by atoms with E-state index in [9.17, 15) is 5.11 Å². The van der Waals surface area contributed by atoms with Crippen LogP contribution in [0.15, 0.2) is 0 Å². The molecule has 0 heterocycles. The van der Waals surface area contributed by atoms with Crippen molar-refractivity contribution in [2.75, 3.05) is 0 Å². The first-order valence-electron chi connectivity index (χ1n) is 9.58. The molecule has 0 aromatic heterocycles. The van der Waals surface area contributed by atoms with E-state index in [0.29, 0.717) is 11.8 Å². The van der Waals surface area contributed by atoms with Crippen LogP contribution in [0.5, 0.6) is 0 Å². The second kappa shape index (κ2) is 4.49. The molecule has 4 aliphatic carbocycles. The monoisotopic (exact) mass is 290 g/mol. The molecule has 1 nitrogen and oxygen atoms in total. The third-order valence-electron chi connectivity index (χ3n) is 9.17. The van der Waals surface area contributed by atoms with Gasteiger partial charge in [0, 0.05) is 0 Å². The molecule has 0 bridgehead atoms. The van der Waals surface area contributed by atoms with Crippen molar-refractivity contribution in [3.8, 4) is 0 Å². The average Bonchev–Trinajstić information content (AvgIpc) is 2.46. The quantitative estimate of drug-likeness (QED) is 0.674. The molecule has 4 aliphatic rings. The van der Waals surface area contributed by atoms with Gasteiger partial charge in [0.15, 0.2) is 0 Å². The first-order chi connectivity index (χ1) is 9.85. The van der Waals surface area contributed by atoms with Crippen LogP contribution in [0.4, 0.5) is 0 Å². The molecule has 0 spiro atoms. The fourth-order valence-corrected chi connectivity index (χ4v) is 7.46. The third kappa shape index (κ3) is 1.73. The third-order valence-corrected chi connectivity index (χ3v) is 9.17. The molecule has 8 unspecified atom stereocenters. The maximum Gasteiger partial charge on any atom is 0.0703 e. The second-order valence-corrected chi connectivity index (χ2v) is 9.69. The molecule has 4 rings (SSSR count). The van der Waals surface area contributed by atoms with Crippen LogP contribution in [0.1, 0.15) is 72.6 Å². The van der Waals surface area contributed by atoms with Gasteiger partial charge in [0.05, 0.1) is 5.60 Å². The summed E-state index contributed by atoms with van der Waals surface area (Å²) in [6.45, 7) is 9.30. The van der Waals surface area contributed by atoms with Crippen LogP contribution < -0.4 is 0 Å². The van der Waals surface area contributed by atoms with Crippen LogP contribution in [-0.4, -0.2) is 10.7 Å². The van der Waals surface area contributed by atoms with Crippen LogP contribution in [0.2, 0.25) is 0 Å². The Bertz CT molecular complexity index is 418. The minimum Gasteiger partial charge on any atom is -0.389 e. The van der Waals surface area contributed by atoms with Gasteiger partial charge in [-0.2, -0.15) is 0 Å². The summed E-state index contributed by atoms with van der Waals surface area (Å²) in [5.41, 5.74) is -0.412. The molecule has 0 radical (unpaired) electrons. The fraction of sp³-hybridized carbons (Fsp3) is 1.00. The van der Waals surface area contributed by atoms with Crippen molar-refractivity contribution in [2.45, 2.75) is 78.2 Å². The lowest BCUT2D eigenvalue weighted by Crippen LogP contribution is -2.66. The highest BCUT2D eigenvalue weighted by Crippen LogP contribution is 2.66. The van der Waals surface area contributed by atoms with E-state index in [1.165, 1.54) is 44.9 Å².